The molecular formula is C15H19N3. The summed E-state index contributed by atoms with van der Waals surface area (Å²) >= 11 is 0. The van der Waals surface area contributed by atoms with E-state index in [2.05, 4.69) is 58.6 Å². The molecule has 18 heavy (non-hydrogen) atoms. The van der Waals surface area contributed by atoms with Gasteiger partial charge in [-0.25, -0.2) is 0 Å². The molecule has 0 fully saturated rings. The topological polar surface area (TPSA) is 28.2 Å². The molecule has 2 aromatic rings. The van der Waals surface area contributed by atoms with Gasteiger partial charge in [-0.05, 0) is 30.8 Å². The second kappa shape index (κ2) is 6.17. The molecular weight excluding hydrogens is 222 g/mol. The van der Waals surface area contributed by atoms with E-state index in [1.54, 1.807) is 0 Å². The van der Waals surface area contributed by atoms with Gasteiger partial charge in [-0.3, -0.25) is 4.98 Å². The number of nitrogens with zero attached hydrogens (tertiary/aromatic N) is 2. The van der Waals surface area contributed by atoms with Crippen LogP contribution >= 0.6 is 0 Å². The second-order valence-electron chi connectivity index (χ2n) is 4.38. The average molecular weight is 241 g/mol. The van der Waals surface area contributed by atoms with Crippen molar-refractivity contribution in [3.05, 3.63) is 59.9 Å². The first-order chi connectivity index (χ1) is 8.79. The molecule has 3 nitrogen and oxygen atoms in total. The van der Waals surface area contributed by atoms with E-state index in [4.69, 9.17) is 0 Å². The molecule has 1 heterocycles. The van der Waals surface area contributed by atoms with Gasteiger partial charge in [-0.1, -0.05) is 24.3 Å². The minimum atomic E-state index is 0.823. The van der Waals surface area contributed by atoms with Crippen molar-refractivity contribution in [3.8, 4) is 0 Å². The van der Waals surface area contributed by atoms with Crippen LogP contribution in [0.3, 0.4) is 0 Å². The van der Waals surface area contributed by atoms with E-state index in [-0.39, 0.29) is 0 Å². The van der Waals surface area contributed by atoms with Crippen LogP contribution in [0.2, 0.25) is 0 Å². The highest BCUT2D eigenvalue weighted by molar-refractivity contribution is 5.45. The molecule has 0 spiro atoms. The molecule has 1 aromatic heterocycles. The molecule has 0 amide bonds. The number of aromatic nitrogens is 1. The van der Waals surface area contributed by atoms with E-state index in [0.717, 1.165) is 18.8 Å². The summed E-state index contributed by atoms with van der Waals surface area (Å²) in [5.74, 6) is 0. The number of nitrogens with one attached hydrogen (secondary N) is 1. The van der Waals surface area contributed by atoms with Crippen LogP contribution in [-0.4, -0.2) is 19.1 Å². The Morgan fingerprint density at radius 1 is 1.11 bits per heavy atom. The van der Waals surface area contributed by atoms with Crippen molar-refractivity contribution < 1.29 is 0 Å². The Kier molecular flexibility index (Phi) is 4.31. The number of hydrogen-bond acceptors (Lipinski definition) is 3. The lowest BCUT2D eigenvalue weighted by molar-refractivity contribution is 0.806. The summed E-state index contributed by atoms with van der Waals surface area (Å²) in [5.41, 5.74) is 3.50. The van der Waals surface area contributed by atoms with E-state index < -0.39 is 0 Å². The van der Waals surface area contributed by atoms with Crippen molar-refractivity contribution in [2.45, 2.75) is 13.1 Å². The molecule has 0 saturated heterocycles. The zero-order chi connectivity index (χ0) is 12.8. The Labute approximate surface area is 108 Å². The summed E-state index contributed by atoms with van der Waals surface area (Å²) in [6.45, 7) is 1.69. The minimum Gasteiger partial charge on any atom is -0.369 e. The summed E-state index contributed by atoms with van der Waals surface area (Å²) in [6.07, 6.45) is 1.94. The summed E-state index contributed by atoms with van der Waals surface area (Å²) in [6, 6.07) is 14.6. The van der Waals surface area contributed by atoms with Gasteiger partial charge in [0.25, 0.3) is 0 Å². The first-order valence-electron chi connectivity index (χ1n) is 6.14. The van der Waals surface area contributed by atoms with E-state index in [9.17, 15) is 0 Å². The molecule has 0 aliphatic carbocycles. The molecule has 1 aromatic carbocycles. The number of rotatable bonds is 5. The maximum absolute atomic E-state index is 4.48. The van der Waals surface area contributed by atoms with Crippen molar-refractivity contribution in [1.82, 2.24) is 10.3 Å². The van der Waals surface area contributed by atoms with Gasteiger partial charge in [0.15, 0.2) is 0 Å². The smallest absolute Gasteiger partial charge is 0.0598 e. The highest BCUT2D eigenvalue weighted by atomic mass is 15.1. The Morgan fingerprint density at radius 2 is 1.89 bits per heavy atom. The van der Waals surface area contributed by atoms with Crippen molar-refractivity contribution in [3.63, 3.8) is 0 Å². The lowest BCUT2D eigenvalue weighted by Crippen LogP contribution is -2.17. The Hall–Kier alpha value is -1.87. The van der Waals surface area contributed by atoms with E-state index in [1.165, 1.54) is 11.3 Å². The van der Waals surface area contributed by atoms with Gasteiger partial charge in [0, 0.05) is 25.5 Å². The van der Waals surface area contributed by atoms with E-state index >= 15 is 0 Å². The number of pyridine rings is 1. The third-order valence-electron chi connectivity index (χ3n) is 2.86. The fraction of sp³-hybridized carbons (Fsp3) is 0.267. The molecule has 2 rings (SSSR count). The van der Waals surface area contributed by atoms with Crippen LogP contribution in [0.25, 0.3) is 0 Å². The first kappa shape index (κ1) is 12.6. The van der Waals surface area contributed by atoms with Gasteiger partial charge in [-0.15, -0.1) is 0 Å². The SMILES string of the molecule is CNCc1ccc(CN(C)c2ccccc2)nc1. The van der Waals surface area contributed by atoms with E-state index in [0.29, 0.717) is 0 Å². The largest absolute Gasteiger partial charge is 0.369 e. The Bertz CT molecular complexity index is 465. The number of para-hydroxylation sites is 1. The summed E-state index contributed by atoms with van der Waals surface area (Å²) in [7, 11) is 4.02. The third kappa shape index (κ3) is 3.31. The highest BCUT2D eigenvalue weighted by Crippen LogP contribution is 2.13. The maximum atomic E-state index is 4.48. The van der Waals surface area contributed by atoms with Gasteiger partial charge < -0.3 is 10.2 Å². The van der Waals surface area contributed by atoms with Crippen LogP contribution < -0.4 is 10.2 Å². The quantitative estimate of drug-likeness (QED) is 0.871. The predicted molar refractivity (Wildman–Crippen MR) is 75.5 cm³/mol. The van der Waals surface area contributed by atoms with Gasteiger partial charge in [0.1, 0.15) is 0 Å². The normalized spacial score (nSPS) is 10.3. The van der Waals surface area contributed by atoms with Crippen molar-refractivity contribution in [2.24, 2.45) is 0 Å². The first-order valence-corrected chi connectivity index (χ1v) is 6.14. The lowest BCUT2D eigenvalue weighted by Gasteiger charge is -2.18. The molecule has 0 aliphatic rings. The lowest BCUT2D eigenvalue weighted by atomic mass is 10.2. The molecule has 1 N–H and O–H groups in total. The zero-order valence-electron chi connectivity index (χ0n) is 10.9. The summed E-state index contributed by atoms with van der Waals surface area (Å²) in [4.78, 5) is 6.68. The van der Waals surface area contributed by atoms with Gasteiger partial charge >= 0.3 is 0 Å². The van der Waals surface area contributed by atoms with Crippen LogP contribution in [0, 0.1) is 0 Å². The molecule has 0 saturated carbocycles. The standard InChI is InChI=1S/C15H19N3/c1-16-10-13-8-9-14(17-11-13)12-18(2)15-6-4-3-5-7-15/h3-9,11,16H,10,12H2,1-2H3. The van der Waals surface area contributed by atoms with Crippen molar-refractivity contribution in [2.75, 3.05) is 19.0 Å². The maximum Gasteiger partial charge on any atom is 0.0598 e. The molecule has 0 aliphatic heterocycles. The van der Waals surface area contributed by atoms with Crippen LogP contribution in [0.4, 0.5) is 5.69 Å². The van der Waals surface area contributed by atoms with E-state index in [1.807, 2.05) is 19.3 Å². The van der Waals surface area contributed by atoms with Crippen LogP contribution in [0.1, 0.15) is 11.3 Å². The Balaban J connectivity index is 2.01. The Morgan fingerprint density at radius 3 is 2.50 bits per heavy atom. The van der Waals surface area contributed by atoms with Gasteiger partial charge in [-0.2, -0.15) is 0 Å². The molecule has 0 unspecified atom stereocenters. The predicted octanol–water partition coefficient (Wildman–Crippen LogP) is 2.44. The molecule has 0 bridgehead atoms. The number of hydrogen-bond donors (Lipinski definition) is 1. The summed E-state index contributed by atoms with van der Waals surface area (Å²) < 4.78 is 0. The minimum absolute atomic E-state index is 0.823. The number of benzene rings is 1. The molecule has 94 valence electrons. The molecule has 0 atom stereocenters. The third-order valence-corrected chi connectivity index (χ3v) is 2.86. The zero-order valence-corrected chi connectivity index (χ0v) is 10.9. The van der Waals surface area contributed by atoms with Crippen LogP contribution in [0.15, 0.2) is 48.7 Å². The van der Waals surface area contributed by atoms with Crippen LogP contribution in [0.5, 0.6) is 0 Å². The van der Waals surface area contributed by atoms with Crippen LogP contribution in [-0.2, 0) is 13.1 Å². The average Bonchev–Trinajstić information content (AvgIpc) is 2.42. The molecule has 3 heteroatoms. The van der Waals surface area contributed by atoms with Gasteiger partial charge in [0.2, 0.25) is 0 Å². The highest BCUT2D eigenvalue weighted by Gasteiger charge is 2.02. The van der Waals surface area contributed by atoms with Crippen molar-refractivity contribution in [1.29, 1.82) is 0 Å². The summed E-state index contributed by atoms with van der Waals surface area (Å²) in [5, 5.41) is 3.12. The van der Waals surface area contributed by atoms with Gasteiger partial charge in [0.05, 0.1) is 12.2 Å². The monoisotopic (exact) mass is 241 g/mol. The number of anilines is 1. The second-order valence-corrected chi connectivity index (χ2v) is 4.38. The molecule has 0 radical (unpaired) electrons. The van der Waals surface area contributed by atoms with Crippen molar-refractivity contribution >= 4 is 5.69 Å². The fourth-order valence-electron chi connectivity index (χ4n) is 1.87. The fourth-order valence-corrected chi connectivity index (χ4v) is 1.87.